The van der Waals surface area contributed by atoms with Crippen molar-refractivity contribution in [1.29, 1.82) is 0 Å². The zero-order chi connectivity index (χ0) is 13.3. The van der Waals surface area contributed by atoms with Gasteiger partial charge in [-0.15, -0.1) is 10.2 Å². The molecule has 0 saturated carbocycles. The quantitative estimate of drug-likeness (QED) is 0.839. The molecular formula is C9H13F4N3O. The van der Waals surface area contributed by atoms with Gasteiger partial charge in [0.2, 0.25) is 5.89 Å². The average molecular weight is 255 g/mol. The second-order valence-corrected chi connectivity index (χ2v) is 4.53. The number of alkyl halides is 4. The summed E-state index contributed by atoms with van der Waals surface area (Å²) in [6, 6.07) is 0. The molecule has 1 N–H and O–H groups in total. The summed E-state index contributed by atoms with van der Waals surface area (Å²) in [7, 11) is 0. The number of halogens is 4. The third-order valence-corrected chi connectivity index (χ3v) is 1.80. The lowest BCUT2D eigenvalue weighted by molar-refractivity contribution is -0.151. The molecule has 8 heteroatoms. The first-order chi connectivity index (χ1) is 7.63. The second kappa shape index (κ2) is 4.59. The highest BCUT2D eigenvalue weighted by atomic mass is 19.3. The molecule has 1 aromatic heterocycles. The minimum atomic E-state index is -4.41. The SMILES string of the molecule is CC(C)(C)NCc1nnc(C(F)(F)C(F)F)o1. The van der Waals surface area contributed by atoms with Gasteiger partial charge in [-0.1, -0.05) is 0 Å². The van der Waals surface area contributed by atoms with E-state index < -0.39 is 18.2 Å². The van der Waals surface area contributed by atoms with E-state index in [2.05, 4.69) is 19.9 Å². The Morgan fingerprint density at radius 1 is 1.24 bits per heavy atom. The standard InChI is InChI=1S/C9H13F4N3O/c1-8(2,3)14-4-5-15-16-7(17-5)9(12,13)6(10)11/h6,14H,4H2,1-3H3. The highest BCUT2D eigenvalue weighted by molar-refractivity contribution is 4.93. The number of rotatable bonds is 4. The zero-order valence-corrected chi connectivity index (χ0v) is 9.60. The normalized spacial score (nSPS) is 13.4. The van der Waals surface area contributed by atoms with Gasteiger partial charge in [-0.05, 0) is 20.8 Å². The molecule has 4 nitrogen and oxygen atoms in total. The summed E-state index contributed by atoms with van der Waals surface area (Å²) in [6.45, 7) is 5.57. The lowest BCUT2D eigenvalue weighted by Crippen LogP contribution is -2.35. The molecular weight excluding hydrogens is 242 g/mol. The molecule has 0 bridgehead atoms. The summed E-state index contributed by atoms with van der Waals surface area (Å²) < 4.78 is 54.1. The van der Waals surface area contributed by atoms with E-state index in [1.54, 1.807) is 0 Å². The van der Waals surface area contributed by atoms with Gasteiger partial charge in [0.1, 0.15) is 0 Å². The van der Waals surface area contributed by atoms with E-state index in [0.29, 0.717) is 0 Å². The van der Waals surface area contributed by atoms with E-state index in [4.69, 9.17) is 0 Å². The van der Waals surface area contributed by atoms with Crippen LogP contribution in [0.4, 0.5) is 17.6 Å². The Labute approximate surface area is 95.4 Å². The number of aromatic nitrogens is 2. The van der Waals surface area contributed by atoms with E-state index in [0.717, 1.165) is 0 Å². The Bertz CT molecular complexity index is 373. The topological polar surface area (TPSA) is 51.0 Å². The van der Waals surface area contributed by atoms with Crippen molar-refractivity contribution in [3.63, 3.8) is 0 Å². The Hall–Kier alpha value is -1.18. The first-order valence-electron chi connectivity index (χ1n) is 4.87. The Balaban J connectivity index is 2.72. The van der Waals surface area contributed by atoms with E-state index in [-0.39, 0.29) is 18.0 Å². The predicted molar refractivity (Wildman–Crippen MR) is 50.8 cm³/mol. The van der Waals surface area contributed by atoms with Gasteiger partial charge in [-0.25, -0.2) is 8.78 Å². The van der Waals surface area contributed by atoms with Crippen LogP contribution in [-0.4, -0.2) is 22.2 Å². The van der Waals surface area contributed by atoms with Crippen molar-refractivity contribution in [1.82, 2.24) is 15.5 Å². The molecule has 0 amide bonds. The lowest BCUT2D eigenvalue weighted by Gasteiger charge is -2.18. The van der Waals surface area contributed by atoms with Crippen molar-refractivity contribution >= 4 is 0 Å². The van der Waals surface area contributed by atoms with Gasteiger partial charge in [-0.2, -0.15) is 8.78 Å². The molecule has 0 aliphatic heterocycles. The summed E-state index contributed by atoms with van der Waals surface area (Å²) >= 11 is 0. The Morgan fingerprint density at radius 3 is 2.29 bits per heavy atom. The summed E-state index contributed by atoms with van der Waals surface area (Å²) in [5.74, 6) is -5.93. The van der Waals surface area contributed by atoms with Crippen LogP contribution in [-0.2, 0) is 12.5 Å². The largest absolute Gasteiger partial charge is 0.418 e. The first-order valence-corrected chi connectivity index (χ1v) is 4.87. The number of nitrogens with zero attached hydrogens (tertiary/aromatic N) is 2. The Morgan fingerprint density at radius 2 is 1.82 bits per heavy atom. The van der Waals surface area contributed by atoms with Crippen LogP contribution in [0, 0.1) is 0 Å². The summed E-state index contributed by atoms with van der Waals surface area (Å²) in [6.07, 6.45) is -3.87. The predicted octanol–water partition coefficient (Wildman–Crippen LogP) is 2.31. The highest BCUT2D eigenvalue weighted by Crippen LogP contribution is 2.33. The van der Waals surface area contributed by atoms with Crippen molar-refractivity contribution in [2.75, 3.05) is 0 Å². The van der Waals surface area contributed by atoms with Gasteiger partial charge in [0.25, 0.3) is 5.89 Å². The van der Waals surface area contributed by atoms with Crippen molar-refractivity contribution in [2.24, 2.45) is 0 Å². The fourth-order valence-electron chi connectivity index (χ4n) is 0.894. The van der Waals surface area contributed by atoms with Crippen molar-refractivity contribution in [2.45, 2.75) is 45.2 Å². The molecule has 17 heavy (non-hydrogen) atoms. The summed E-state index contributed by atoms with van der Waals surface area (Å²) in [5.41, 5.74) is -0.278. The third-order valence-electron chi connectivity index (χ3n) is 1.80. The van der Waals surface area contributed by atoms with Crippen molar-refractivity contribution in [3.8, 4) is 0 Å². The molecule has 0 atom stereocenters. The molecule has 0 fully saturated rings. The van der Waals surface area contributed by atoms with Crippen LogP contribution in [0.1, 0.15) is 32.6 Å². The van der Waals surface area contributed by atoms with E-state index >= 15 is 0 Å². The van der Waals surface area contributed by atoms with Gasteiger partial charge in [0.15, 0.2) is 0 Å². The summed E-state index contributed by atoms with van der Waals surface area (Å²) in [5, 5.41) is 9.10. The number of hydrogen-bond donors (Lipinski definition) is 1. The van der Waals surface area contributed by atoms with Crippen LogP contribution in [0.5, 0.6) is 0 Å². The average Bonchev–Trinajstić information content (AvgIpc) is 2.62. The molecule has 0 spiro atoms. The third kappa shape index (κ3) is 3.65. The van der Waals surface area contributed by atoms with Gasteiger partial charge in [0.05, 0.1) is 6.54 Å². The smallest absolute Gasteiger partial charge is 0.382 e. The fourth-order valence-corrected chi connectivity index (χ4v) is 0.894. The van der Waals surface area contributed by atoms with Gasteiger partial charge in [0, 0.05) is 5.54 Å². The second-order valence-electron chi connectivity index (χ2n) is 4.53. The molecule has 0 aromatic carbocycles. The molecule has 0 aliphatic carbocycles. The summed E-state index contributed by atoms with van der Waals surface area (Å²) in [4.78, 5) is 0. The lowest BCUT2D eigenvalue weighted by atomic mass is 10.1. The minimum Gasteiger partial charge on any atom is -0.418 e. The Kier molecular flexibility index (Phi) is 3.75. The van der Waals surface area contributed by atoms with Crippen molar-refractivity contribution in [3.05, 3.63) is 11.8 Å². The monoisotopic (exact) mass is 255 g/mol. The molecule has 1 rings (SSSR count). The van der Waals surface area contributed by atoms with Crippen molar-refractivity contribution < 1.29 is 22.0 Å². The molecule has 98 valence electrons. The maximum atomic E-state index is 12.8. The number of hydrogen-bond acceptors (Lipinski definition) is 4. The molecule has 0 unspecified atom stereocenters. The highest BCUT2D eigenvalue weighted by Gasteiger charge is 2.48. The van der Waals surface area contributed by atoms with Crippen LogP contribution < -0.4 is 5.32 Å². The van der Waals surface area contributed by atoms with Gasteiger partial charge in [-0.3, -0.25) is 0 Å². The van der Waals surface area contributed by atoms with E-state index in [1.807, 2.05) is 20.8 Å². The maximum Gasteiger partial charge on any atom is 0.382 e. The van der Waals surface area contributed by atoms with Crippen LogP contribution in [0.25, 0.3) is 0 Å². The van der Waals surface area contributed by atoms with E-state index in [9.17, 15) is 17.6 Å². The fraction of sp³-hybridized carbons (Fsp3) is 0.778. The zero-order valence-electron chi connectivity index (χ0n) is 9.60. The molecule has 1 heterocycles. The van der Waals surface area contributed by atoms with Gasteiger partial charge >= 0.3 is 12.3 Å². The molecule has 0 radical (unpaired) electrons. The molecule has 0 aliphatic rings. The number of nitrogens with one attached hydrogen (secondary N) is 1. The van der Waals surface area contributed by atoms with Crippen LogP contribution in [0.2, 0.25) is 0 Å². The van der Waals surface area contributed by atoms with E-state index in [1.165, 1.54) is 0 Å². The molecule has 1 aromatic rings. The maximum absolute atomic E-state index is 12.8. The molecule has 0 saturated heterocycles. The first kappa shape index (κ1) is 13.9. The van der Waals surface area contributed by atoms with Crippen LogP contribution >= 0.6 is 0 Å². The van der Waals surface area contributed by atoms with Gasteiger partial charge < -0.3 is 9.73 Å². The minimum absolute atomic E-state index is 0.0375. The van der Waals surface area contributed by atoms with Crippen LogP contribution in [0.15, 0.2) is 4.42 Å². The van der Waals surface area contributed by atoms with Crippen LogP contribution in [0.3, 0.4) is 0 Å².